The summed E-state index contributed by atoms with van der Waals surface area (Å²) in [6.45, 7) is 3.81. The lowest BCUT2D eigenvalue weighted by atomic mass is 9.89. The molecule has 0 bridgehead atoms. The fourth-order valence-corrected chi connectivity index (χ4v) is 2.46. The standard InChI is InChI=1S/C15H21FO2/c1-10-3-5-12(6-4-10)18-13-7-8-14(11(2)17)15(16)9-13/h7-12,17H,3-6H2,1-2H3/t10?,11-,12?/m1/s1. The van der Waals surface area contributed by atoms with Crippen LogP contribution in [0.15, 0.2) is 18.2 Å². The van der Waals surface area contributed by atoms with E-state index < -0.39 is 11.9 Å². The lowest BCUT2D eigenvalue weighted by molar-refractivity contribution is 0.134. The molecule has 2 rings (SSSR count). The third-order valence-corrected chi connectivity index (χ3v) is 3.69. The predicted molar refractivity (Wildman–Crippen MR) is 69.1 cm³/mol. The van der Waals surface area contributed by atoms with Crippen molar-refractivity contribution in [3.8, 4) is 5.75 Å². The SMILES string of the molecule is CC1CCC(Oc2ccc([C@@H](C)O)c(F)c2)CC1. The van der Waals surface area contributed by atoms with Gasteiger partial charge in [-0.3, -0.25) is 0 Å². The van der Waals surface area contributed by atoms with Crippen molar-refractivity contribution in [3.05, 3.63) is 29.6 Å². The highest BCUT2D eigenvalue weighted by atomic mass is 19.1. The van der Waals surface area contributed by atoms with Crippen molar-refractivity contribution >= 4 is 0 Å². The average molecular weight is 252 g/mol. The maximum Gasteiger partial charge on any atom is 0.132 e. The van der Waals surface area contributed by atoms with E-state index in [-0.39, 0.29) is 6.10 Å². The van der Waals surface area contributed by atoms with E-state index in [4.69, 9.17) is 4.74 Å². The van der Waals surface area contributed by atoms with Crippen LogP contribution in [-0.2, 0) is 0 Å². The van der Waals surface area contributed by atoms with E-state index in [0.717, 1.165) is 18.8 Å². The first-order valence-corrected chi connectivity index (χ1v) is 6.70. The molecule has 1 saturated carbocycles. The van der Waals surface area contributed by atoms with Crippen LogP contribution < -0.4 is 4.74 Å². The Balaban J connectivity index is 2.00. The zero-order valence-corrected chi connectivity index (χ0v) is 11.0. The molecule has 0 heterocycles. The quantitative estimate of drug-likeness (QED) is 0.885. The summed E-state index contributed by atoms with van der Waals surface area (Å²) in [7, 11) is 0. The molecule has 18 heavy (non-hydrogen) atoms. The number of aliphatic hydroxyl groups excluding tert-OH is 1. The van der Waals surface area contributed by atoms with Crippen molar-refractivity contribution in [1.29, 1.82) is 0 Å². The highest BCUT2D eigenvalue weighted by Crippen LogP contribution is 2.28. The van der Waals surface area contributed by atoms with Gasteiger partial charge in [-0.2, -0.15) is 0 Å². The molecule has 0 spiro atoms. The van der Waals surface area contributed by atoms with Gasteiger partial charge < -0.3 is 9.84 Å². The summed E-state index contributed by atoms with van der Waals surface area (Å²) in [6, 6.07) is 4.71. The van der Waals surface area contributed by atoms with E-state index >= 15 is 0 Å². The van der Waals surface area contributed by atoms with E-state index in [1.54, 1.807) is 19.1 Å². The summed E-state index contributed by atoms with van der Waals surface area (Å²) in [5.41, 5.74) is 0.319. The largest absolute Gasteiger partial charge is 0.490 e. The fourth-order valence-electron chi connectivity index (χ4n) is 2.46. The van der Waals surface area contributed by atoms with Crippen LogP contribution in [0.2, 0.25) is 0 Å². The van der Waals surface area contributed by atoms with Crippen LogP contribution in [0, 0.1) is 11.7 Å². The fraction of sp³-hybridized carbons (Fsp3) is 0.600. The van der Waals surface area contributed by atoms with Crippen LogP contribution in [0.3, 0.4) is 0 Å². The minimum atomic E-state index is -0.783. The number of hydrogen-bond donors (Lipinski definition) is 1. The number of halogens is 1. The molecule has 1 aromatic carbocycles. The number of ether oxygens (including phenoxy) is 1. The maximum absolute atomic E-state index is 13.7. The Kier molecular flexibility index (Phi) is 4.23. The minimum Gasteiger partial charge on any atom is -0.490 e. The Morgan fingerprint density at radius 1 is 1.28 bits per heavy atom. The van der Waals surface area contributed by atoms with E-state index in [0.29, 0.717) is 11.3 Å². The van der Waals surface area contributed by atoms with Crippen LogP contribution in [0.5, 0.6) is 5.75 Å². The molecule has 0 aliphatic heterocycles. The number of hydrogen-bond acceptors (Lipinski definition) is 2. The lowest BCUT2D eigenvalue weighted by Crippen LogP contribution is -2.23. The first kappa shape index (κ1) is 13.3. The second-order valence-corrected chi connectivity index (χ2v) is 5.36. The second-order valence-electron chi connectivity index (χ2n) is 5.36. The maximum atomic E-state index is 13.7. The van der Waals surface area contributed by atoms with Gasteiger partial charge in [-0.05, 0) is 50.7 Å². The van der Waals surface area contributed by atoms with Gasteiger partial charge in [-0.1, -0.05) is 6.92 Å². The summed E-state index contributed by atoms with van der Waals surface area (Å²) in [6.07, 6.45) is 3.87. The number of aliphatic hydroxyl groups is 1. The van der Waals surface area contributed by atoms with Gasteiger partial charge in [0.25, 0.3) is 0 Å². The van der Waals surface area contributed by atoms with Crippen LogP contribution in [0.1, 0.15) is 51.2 Å². The van der Waals surface area contributed by atoms with Crippen molar-refractivity contribution in [3.63, 3.8) is 0 Å². The van der Waals surface area contributed by atoms with Crippen molar-refractivity contribution in [1.82, 2.24) is 0 Å². The van der Waals surface area contributed by atoms with Gasteiger partial charge in [0, 0.05) is 11.6 Å². The molecule has 0 saturated heterocycles. The summed E-state index contributed by atoms with van der Waals surface area (Å²) >= 11 is 0. The van der Waals surface area contributed by atoms with E-state index in [9.17, 15) is 9.50 Å². The molecule has 1 fully saturated rings. The third kappa shape index (κ3) is 3.22. The van der Waals surface area contributed by atoms with Crippen LogP contribution in [0.4, 0.5) is 4.39 Å². The topological polar surface area (TPSA) is 29.5 Å². The third-order valence-electron chi connectivity index (χ3n) is 3.69. The summed E-state index contributed by atoms with van der Waals surface area (Å²) < 4.78 is 19.5. The van der Waals surface area contributed by atoms with Crippen molar-refractivity contribution < 1.29 is 14.2 Å². The molecule has 3 heteroatoms. The van der Waals surface area contributed by atoms with Crippen molar-refractivity contribution in [2.45, 2.75) is 51.7 Å². The Morgan fingerprint density at radius 2 is 1.94 bits per heavy atom. The van der Waals surface area contributed by atoms with Gasteiger partial charge in [0.2, 0.25) is 0 Å². The molecule has 2 nitrogen and oxygen atoms in total. The lowest BCUT2D eigenvalue weighted by Gasteiger charge is -2.27. The first-order chi connectivity index (χ1) is 8.56. The predicted octanol–water partition coefficient (Wildman–Crippen LogP) is 3.84. The monoisotopic (exact) mass is 252 g/mol. The van der Waals surface area contributed by atoms with Gasteiger partial charge in [-0.15, -0.1) is 0 Å². The molecule has 1 aliphatic carbocycles. The summed E-state index contributed by atoms with van der Waals surface area (Å²) in [5, 5.41) is 9.37. The first-order valence-electron chi connectivity index (χ1n) is 6.70. The smallest absolute Gasteiger partial charge is 0.132 e. The van der Waals surface area contributed by atoms with Crippen LogP contribution in [0.25, 0.3) is 0 Å². The van der Waals surface area contributed by atoms with E-state index in [2.05, 4.69) is 6.92 Å². The highest BCUT2D eigenvalue weighted by Gasteiger charge is 2.20. The van der Waals surface area contributed by atoms with Crippen LogP contribution >= 0.6 is 0 Å². The Bertz CT molecular complexity index is 395. The Morgan fingerprint density at radius 3 is 2.50 bits per heavy atom. The van der Waals surface area contributed by atoms with Gasteiger partial charge in [0.1, 0.15) is 11.6 Å². The molecule has 1 atom stereocenters. The molecular formula is C15H21FO2. The molecule has 0 radical (unpaired) electrons. The van der Waals surface area contributed by atoms with E-state index in [1.807, 2.05) is 0 Å². The van der Waals surface area contributed by atoms with E-state index in [1.165, 1.54) is 18.9 Å². The van der Waals surface area contributed by atoms with Gasteiger partial charge in [0.05, 0.1) is 12.2 Å². The molecule has 1 N–H and O–H groups in total. The molecule has 0 aromatic heterocycles. The Labute approximate surface area is 108 Å². The van der Waals surface area contributed by atoms with Crippen molar-refractivity contribution in [2.24, 2.45) is 5.92 Å². The zero-order chi connectivity index (χ0) is 13.1. The van der Waals surface area contributed by atoms with Gasteiger partial charge in [-0.25, -0.2) is 4.39 Å². The molecule has 0 unspecified atom stereocenters. The zero-order valence-electron chi connectivity index (χ0n) is 11.0. The normalized spacial score (nSPS) is 25.8. The molecule has 1 aliphatic rings. The van der Waals surface area contributed by atoms with Gasteiger partial charge >= 0.3 is 0 Å². The minimum absolute atomic E-state index is 0.206. The molecular weight excluding hydrogens is 231 g/mol. The second kappa shape index (κ2) is 5.70. The Hall–Kier alpha value is -1.09. The average Bonchev–Trinajstić information content (AvgIpc) is 2.32. The molecule has 1 aromatic rings. The summed E-state index contributed by atoms with van der Waals surface area (Å²) in [5.74, 6) is 0.947. The molecule has 0 amide bonds. The number of rotatable bonds is 3. The molecule has 100 valence electrons. The van der Waals surface area contributed by atoms with Crippen LogP contribution in [-0.4, -0.2) is 11.2 Å². The highest BCUT2D eigenvalue weighted by molar-refractivity contribution is 5.30. The van der Waals surface area contributed by atoms with Gasteiger partial charge in [0.15, 0.2) is 0 Å². The summed E-state index contributed by atoms with van der Waals surface area (Å²) in [4.78, 5) is 0. The number of benzene rings is 1. The van der Waals surface area contributed by atoms with Crippen molar-refractivity contribution in [2.75, 3.05) is 0 Å².